The van der Waals surface area contributed by atoms with Gasteiger partial charge in [-0.15, -0.1) is 0 Å². The van der Waals surface area contributed by atoms with E-state index in [-0.39, 0.29) is 0 Å². The van der Waals surface area contributed by atoms with Crippen LogP contribution in [-0.2, 0) is 0 Å². The first-order valence-electron chi connectivity index (χ1n) is 13.4. The van der Waals surface area contributed by atoms with Crippen molar-refractivity contribution in [2.45, 2.75) is 106 Å². The molecule has 0 heterocycles. The van der Waals surface area contributed by atoms with Gasteiger partial charge in [-0.1, -0.05) is 100 Å². The zero-order valence-electron chi connectivity index (χ0n) is 22.8. The Hall–Kier alpha value is -1.82. The van der Waals surface area contributed by atoms with Crippen LogP contribution in [0.4, 0.5) is 0 Å². The highest BCUT2D eigenvalue weighted by atomic mass is 14.4. The molecule has 184 valence electrons. The summed E-state index contributed by atoms with van der Waals surface area (Å²) in [7, 11) is 0. The molecular formula is C33H52. The molecule has 0 radical (unpaired) electrons. The quantitative estimate of drug-likeness (QED) is 0.232. The van der Waals surface area contributed by atoms with Crippen molar-refractivity contribution < 1.29 is 0 Å². The minimum Gasteiger partial charge on any atom is -0.0991 e. The van der Waals surface area contributed by atoms with Crippen LogP contribution in [0.15, 0.2) is 84.1 Å². The molecule has 0 aromatic heterocycles. The molecule has 0 aromatic carbocycles. The van der Waals surface area contributed by atoms with E-state index < -0.39 is 0 Å². The maximum atomic E-state index is 4.37. The molecule has 1 aliphatic rings. The highest BCUT2D eigenvalue weighted by Crippen LogP contribution is 2.52. The summed E-state index contributed by atoms with van der Waals surface area (Å²) in [5.74, 6) is 1.52. The lowest BCUT2D eigenvalue weighted by Crippen LogP contribution is -2.34. The van der Waals surface area contributed by atoms with Crippen LogP contribution in [0, 0.1) is 17.3 Å². The Morgan fingerprint density at radius 2 is 1.70 bits per heavy atom. The molecule has 0 bridgehead atoms. The number of allylic oxidation sites excluding steroid dienone is 11. The van der Waals surface area contributed by atoms with E-state index in [4.69, 9.17) is 0 Å². The van der Waals surface area contributed by atoms with Crippen molar-refractivity contribution in [2.75, 3.05) is 0 Å². The second-order valence-corrected chi connectivity index (χ2v) is 10.6. The summed E-state index contributed by atoms with van der Waals surface area (Å²) in [5.41, 5.74) is 6.91. The highest BCUT2D eigenvalue weighted by Gasteiger charge is 2.39. The Labute approximate surface area is 207 Å². The van der Waals surface area contributed by atoms with Gasteiger partial charge in [0.2, 0.25) is 0 Å². The van der Waals surface area contributed by atoms with Gasteiger partial charge in [0, 0.05) is 0 Å². The molecule has 0 amide bonds. The molecule has 1 rings (SSSR count). The smallest absolute Gasteiger partial charge is 0.0157 e. The molecule has 0 nitrogen and oxygen atoms in total. The number of hydrogen-bond donors (Lipinski definition) is 0. The van der Waals surface area contributed by atoms with Crippen molar-refractivity contribution in [1.82, 2.24) is 0 Å². The van der Waals surface area contributed by atoms with Crippen LogP contribution >= 0.6 is 0 Å². The molecule has 33 heavy (non-hydrogen) atoms. The standard InChI is InChI=1S/C33H52/c1-10-14-18-31(13-4)32-23-30(16-11-2)24-33(25-32,21-12-3)22-15-17-28(8)29(9)20-19-27(7)26(5)6/h10,13-14,18-20,30,32H,1,8-9,11-12,15-17,21-25H2,2-7H3/b18-14-,20-19-,31-13+. The van der Waals surface area contributed by atoms with Gasteiger partial charge >= 0.3 is 0 Å². The van der Waals surface area contributed by atoms with Gasteiger partial charge in [-0.25, -0.2) is 0 Å². The Kier molecular flexibility index (Phi) is 13.4. The molecule has 1 aliphatic carbocycles. The molecule has 0 heteroatoms. The van der Waals surface area contributed by atoms with E-state index in [1.807, 2.05) is 6.08 Å². The second kappa shape index (κ2) is 15.2. The number of rotatable bonds is 14. The normalized spacial score (nSPS) is 23.8. The third-order valence-corrected chi connectivity index (χ3v) is 7.69. The van der Waals surface area contributed by atoms with Crippen LogP contribution < -0.4 is 0 Å². The third kappa shape index (κ3) is 9.91. The molecule has 0 spiro atoms. The lowest BCUT2D eigenvalue weighted by molar-refractivity contribution is 0.0772. The molecule has 3 unspecified atom stereocenters. The van der Waals surface area contributed by atoms with Crippen LogP contribution in [0.25, 0.3) is 0 Å². The van der Waals surface area contributed by atoms with E-state index in [0.29, 0.717) is 11.3 Å². The van der Waals surface area contributed by atoms with Crippen molar-refractivity contribution in [1.29, 1.82) is 0 Å². The fourth-order valence-electron chi connectivity index (χ4n) is 5.73. The van der Waals surface area contributed by atoms with Crippen LogP contribution in [-0.4, -0.2) is 0 Å². The predicted octanol–water partition coefficient (Wildman–Crippen LogP) is 10.9. The molecular weight excluding hydrogens is 396 g/mol. The van der Waals surface area contributed by atoms with Crippen LogP contribution in [0.1, 0.15) is 106 Å². The first-order chi connectivity index (χ1) is 15.7. The van der Waals surface area contributed by atoms with E-state index in [0.717, 1.165) is 17.9 Å². The summed E-state index contributed by atoms with van der Waals surface area (Å²) in [5, 5.41) is 0. The molecule has 1 saturated carbocycles. The molecule has 0 N–H and O–H groups in total. The topological polar surface area (TPSA) is 0 Å². The summed E-state index contributed by atoms with van der Waals surface area (Å²) < 4.78 is 0. The van der Waals surface area contributed by atoms with E-state index in [2.05, 4.69) is 91.7 Å². The Morgan fingerprint density at radius 1 is 0.970 bits per heavy atom. The molecule has 3 atom stereocenters. The minimum atomic E-state index is 0.462. The molecule has 0 saturated heterocycles. The monoisotopic (exact) mass is 448 g/mol. The van der Waals surface area contributed by atoms with Crippen molar-refractivity contribution >= 4 is 0 Å². The predicted molar refractivity (Wildman–Crippen MR) is 151 cm³/mol. The summed E-state index contributed by atoms with van der Waals surface area (Å²) in [6.07, 6.45) is 25.9. The minimum absolute atomic E-state index is 0.462. The van der Waals surface area contributed by atoms with Gasteiger partial charge in [-0.05, 0) is 107 Å². The first-order valence-corrected chi connectivity index (χ1v) is 13.4. The van der Waals surface area contributed by atoms with E-state index in [1.54, 1.807) is 0 Å². The van der Waals surface area contributed by atoms with Crippen molar-refractivity contribution in [3.05, 3.63) is 84.1 Å². The average molecular weight is 449 g/mol. The summed E-state index contributed by atoms with van der Waals surface area (Å²) >= 11 is 0. The zero-order valence-corrected chi connectivity index (χ0v) is 22.8. The average Bonchev–Trinajstić information content (AvgIpc) is 2.77. The molecule has 1 fully saturated rings. The fourth-order valence-corrected chi connectivity index (χ4v) is 5.73. The van der Waals surface area contributed by atoms with E-state index >= 15 is 0 Å². The largest absolute Gasteiger partial charge is 0.0991 e. The molecule has 0 aromatic rings. The maximum Gasteiger partial charge on any atom is -0.0157 e. The zero-order chi connectivity index (χ0) is 24.9. The van der Waals surface area contributed by atoms with Crippen LogP contribution in [0.2, 0.25) is 0 Å². The van der Waals surface area contributed by atoms with Gasteiger partial charge in [0.25, 0.3) is 0 Å². The number of hydrogen-bond acceptors (Lipinski definition) is 0. The van der Waals surface area contributed by atoms with Crippen LogP contribution in [0.3, 0.4) is 0 Å². The van der Waals surface area contributed by atoms with Gasteiger partial charge in [0.05, 0.1) is 0 Å². The molecule has 0 aliphatic heterocycles. The van der Waals surface area contributed by atoms with Crippen molar-refractivity contribution in [3.63, 3.8) is 0 Å². The Bertz CT molecular complexity index is 762. The fraction of sp³-hybridized carbons (Fsp3) is 0.576. The lowest BCUT2D eigenvalue weighted by atomic mass is 9.59. The lowest BCUT2D eigenvalue weighted by Gasteiger charge is -2.46. The summed E-state index contributed by atoms with van der Waals surface area (Å²) in [6, 6.07) is 0. The second-order valence-electron chi connectivity index (χ2n) is 10.6. The summed E-state index contributed by atoms with van der Waals surface area (Å²) in [6.45, 7) is 25.9. The summed E-state index contributed by atoms with van der Waals surface area (Å²) in [4.78, 5) is 0. The van der Waals surface area contributed by atoms with E-state index in [9.17, 15) is 0 Å². The van der Waals surface area contributed by atoms with Gasteiger partial charge in [-0.2, -0.15) is 0 Å². The Balaban J connectivity index is 2.93. The van der Waals surface area contributed by atoms with Gasteiger partial charge in [0.1, 0.15) is 0 Å². The van der Waals surface area contributed by atoms with Gasteiger partial charge in [0.15, 0.2) is 0 Å². The maximum absolute atomic E-state index is 4.37. The Morgan fingerprint density at radius 3 is 2.27 bits per heavy atom. The van der Waals surface area contributed by atoms with Gasteiger partial charge < -0.3 is 0 Å². The van der Waals surface area contributed by atoms with Crippen LogP contribution in [0.5, 0.6) is 0 Å². The van der Waals surface area contributed by atoms with E-state index in [1.165, 1.54) is 80.1 Å². The van der Waals surface area contributed by atoms with Crippen molar-refractivity contribution in [3.8, 4) is 0 Å². The first kappa shape index (κ1) is 29.2. The van der Waals surface area contributed by atoms with Crippen molar-refractivity contribution in [2.24, 2.45) is 17.3 Å². The van der Waals surface area contributed by atoms with Gasteiger partial charge in [-0.3, -0.25) is 0 Å². The SMILES string of the molecule is C=C/C=C\C(=C/C)C1CC(CCC)CC(CCC)(CCCC(=C)C(=C)/C=C\C(C)=C(C)C)C1. The third-order valence-electron chi connectivity index (χ3n) is 7.69. The highest BCUT2D eigenvalue weighted by molar-refractivity contribution is 5.38.